The summed E-state index contributed by atoms with van der Waals surface area (Å²) in [4.78, 5) is 35.4. The van der Waals surface area contributed by atoms with Crippen LogP contribution in [-0.2, 0) is 14.3 Å². The lowest BCUT2D eigenvalue weighted by Crippen LogP contribution is -2.41. The number of alkyl carbamates (subject to hydrolysis) is 1. The number of carbonyl (C=O) groups excluding carboxylic acids is 2. The topological polar surface area (TPSA) is 105 Å². The van der Waals surface area contributed by atoms with Crippen molar-refractivity contribution in [2.45, 2.75) is 44.1 Å². The van der Waals surface area contributed by atoms with Gasteiger partial charge in [0.25, 0.3) is 0 Å². The van der Waals surface area contributed by atoms with Gasteiger partial charge in [-0.05, 0) is 41.5 Å². The molecule has 0 heterocycles. The van der Waals surface area contributed by atoms with Crippen LogP contribution in [-0.4, -0.2) is 42.3 Å². The highest BCUT2D eigenvalue weighted by Gasteiger charge is 2.29. The van der Waals surface area contributed by atoms with E-state index < -0.39 is 18.1 Å². The molecule has 7 nitrogen and oxygen atoms in total. The van der Waals surface area contributed by atoms with Crippen LogP contribution in [0.25, 0.3) is 11.1 Å². The molecule has 172 valence electrons. The Hall–Kier alpha value is -3.79. The van der Waals surface area contributed by atoms with Gasteiger partial charge in [0.2, 0.25) is 5.91 Å². The third-order valence-corrected chi connectivity index (χ3v) is 5.67. The van der Waals surface area contributed by atoms with Gasteiger partial charge in [-0.15, -0.1) is 12.3 Å². The van der Waals surface area contributed by atoms with Crippen molar-refractivity contribution in [1.82, 2.24) is 10.6 Å². The quantitative estimate of drug-likeness (QED) is 0.359. The van der Waals surface area contributed by atoms with Crippen molar-refractivity contribution >= 4 is 18.0 Å². The zero-order valence-corrected chi connectivity index (χ0v) is 18.4. The largest absolute Gasteiger partial charge is 0.480 e. The van der Waals surface area contributed by atoms with Crippen molar-refractivity contribution in [2.75, 3.05) is 13.2 Å². The monoisotopic (exact) mass is 448 g/mol. The number of amides is 2. The van der Waals surface area contributed by atoms with Gasteiger partial charge in [-0.25, -0.2) is 9.59 Å². The average molecular weight is 449 g/mol. The molecule has 0 aromatic heterocycles. The Morgan fingerprint density at radius 2 is 1.67 bits per heavy atom. The van der Waals surface area contributed by atoms with Crippen molar-refractivity contribution < 1.29 is 24.2 Å². The number of carboxylic acids is 1. The van der Waals surface area contributed by atoms with Gasteiger partial charge in [-0.2, -0.15) is 0 Å². The molecule has 0 saturated heterocycles. The zero-order valence-electron chi connectivity index (χ0n) is 18.4. The summed E-state index contributed by atoms with van der Waals surface area (Å²) in [6, 6.07) is 14.9. The van der Waals surface area contributed by atoms with Crippen LogP contribution in [0, 0.1) is 12.3 Å². The first-order chi connectivity index (χ1) is 16.0. The molecule has 2 aromatic carbocycles. The normalized spacial score (nSPS) is 12.7. The summed E-state index contributed by atoms with van der Waals surface area (Å²) in [6.07, 6.45) is 6.38. The molecular formula is C26H28N2O5. The molecule has 1 aliphatic carbocycles. The van der Waals surface area contributed by atoms with Crippen molar-refractivity contribution in [3.05, 3.63) is 59.7 Å². The van der Waals surface area contributed by atoms with E-state index in [0.717, 1.165) is 22.3 Å². The number of aliphatic carboxylic acids is 1. The number of benzene rings is 2. The SMILES string of the molecule is C#CCCC(=O)NCCCC[C@H](NC(=O)OCC1c2ccccc2-c2ccccc21)C(=O)O. The summed E-state index contributed by atoms with van der Waals surface area (Å²) in [7, 11) is 0. The minimum Gasteiger partial charge on any atom is -0.480 e. The standard InChI is InChI=1S/C26H28N2O5/c1-2-3-15-24(29)27-16-9-8-14-23(25(30)31)28-26(32)33-17-22-20-12-6-4-10-18(20)19-11-5-7-13-21(19)22/h1,4-7,10-13,22-23H,3,8-9,14-17H2,(H,27,29)(H,28,32)(H,30,31)/t23-/m0/s1. The predicted molar refractivity (Wildman–Crippen MR) is 125 cm³/mol. The molecule has 3 N–H and O–H groups in total. The molecule has 2 amide bonds. The summed E-state index contributed by atoms with van der Waals surface area (Å²) in [5, 5.41) is 14.6. The fourth-order valence-corrected chi connectivity index (χ4v) is 4.02. The van der Waals surface area contributed by atoms with Gasteiger partial charge in [0.05, 0.1) is 0 Å². The van der Waals surface area contributed by atoms with Crippen LogP contribution in [0.3, 0.4) is 0 Å². The van der Waals surface area contributed by atoms with E-state index in [1.807, 2.05) is 48.5 Å². The van der Waals surface area contributed by atoms with E-state index in [9.17, 15) is 19.5 Å². The first-order valence-corrected chi connectivity index (χ1v) is 11.1. The molecule has 0 saturated carbocycles. The Morgan fingerprint density at radius 3 is 2.27 bits per heavy atom. The maximum Gasteiger partial charge on any atom is 0.407 e. The Bertz CT molecular complexity index is 997. The smallest absolute Gasteiger partial charge is 0.407 e. The van der Waals surface area contributed by atoms with Gasteiger partial charge in [0.15, 0.2) is 0 Å². The minimum absolute atomic E-state index is 0.0930. The average Bonchev–Trinajstić information content (AvgIpc) is 3.14. The van der Waals surface area contributed by atoms with Gasteiger partial charge in [-0.1, -0.05) is 48.5 Å². The molecule has 0 fully saturated rings. The minimum atomic E-state index is -1.12. The molecule has 1 atom stereocenters. The number of terminal acetylenes is 1. The van der Waals surface area contributed by atoms with E-state index in [2.05, 4.69) is 16.6 Å². The highest BCUT2D eigenvalue weighted by atomic mass is 16.5. The second kappa shape index (κ2) is 11.7. The molecule has 2 aromatic rings. The molecule has 33 heavy (non-hydrogen) atoms. The Balaban J connectivity index is 1.46. The number of hydrogen-bond donors (Lipinski definition) is 3. The van der Waals surface area contributed by atoms with Crippen LogP contribution in [0.15, 0.2) is 48.5 Å². The van der Waals surface area contributed by atoms with E-state index in [1.165, 1.54) is 0 Å². The summed E-state index contributed by atoms with van der Waals surface area (Å²) in [6.45, 7) is 0.552. The maximum absolute atomic E-state index is 12.3. The van der Waals surface area contributed by atoms with E-state index in [4.69, 9.17) is 11.2 Å². The third-order valence-electron chi connectivity index (χ3n) is 5.67. The first-order valence-electron chi connectivity index (χ1n) is 11.1. The molecule has 7 heteroatoms. The predicted octanol–water partition coefficient (Wildman–Crippen LogP) is 3.68. The fourth-order valence-electron chi connectivity index (χ4n) is 4.02. The third kappa shape index (κ3) is 6.36. The number of fused-ring (bicyclic) bond motifs is 3. The number of unbranched alkanes of at least 4 members (excludes halogenated alkanes) is 1. The Morgan fingerprint density at radius 1 is 1.03 bits per heavy atom. The highest BCUT2D eigenvalue weighted by molar-refractivity contribution is 5.81. The Kier molecular flexibility index (Phi) is 8.48. The molecule has 1 aliphatic rings. The number of hydrogen-bond acceptors (Lipinski definition) is 4. The van der Waals surface area contributed by atoms with Crippen LogP contribution in [0.5, 0.6) is 0 Å². The van der Waals surface area contributed by atoms with Crippen LogP contribution >= 0.6 is 0 Å². The van der Waals surface area contributed by atoms with Gasteiger partial charge < -0.3 is 20.5 Å². The first kappa shape index (κ1) is 23.9. The van der Waals surface area contributed by atoms with E-state index >= 15 is 0 Å². The molecule has 3 rings (SSSR count). The summed E-state index contributed by atoms with van der Waals surface area (Å²) < 4.78 is 5.43. The zero-order chi connectivity index (χ0) is 23.6. The van der Waals surface area contributed by atoms with Gasteiger partial charge in [-0.3, -0.25) is 4.79 Å². The van der Waals surface area contributed by atoms with E-state index in [0.29, 0.717) is 25.8 Å². The van der Waals surface area contributed by atoms with Crippen LogP contribution in [0.2, 0.25) is 0 Å². The lowest BCUT2D eigenvalue weighted by Gasteiger charge is -2.17. The van der Waals surface area contributed by atoms with Gasteiger partial charge in [0.1, 0.15) is 12.6 Å². The number of carbonyl (C=O) groups is 3. The fraction of sp³-hybridized carbons (Fsp3) is 0.346. The molecule has 0 radical (unpaired) electrons. The van der Waals surface area contributed by atoms with Crippen molar-refractivity contribution in [2.24, 2.45) is 0 Å². The summed E-state index contributed by atoms with van der Waals surface area (Å²) in [5.74, 6) is 1.06. The highest BCUT2D eigenvalue weighted by Crippen LogP contribution is 2.44. The van der Waals surface area contributed by atoms with Crippen molar-refractivity contribution in [1.29, 1.82) is 0 Å². The maximum atomic E-state index is 12.3. The number of carboxylic acid groups (broad SMARTS) is 1. The summed E-state index contributed by atoms with van der Waals surface area (Å²) in [5.41, 5.74) is 4.42. The molecule has 0 unspecified atom stereocenters. The van der Waals surface area contributed by atoms with Crippen molar-refractivity contribution in [3.63, 3.8) is 0 Å². The second-order valence-electron chi connectivity index (χ2n) is 7.91. The van der Waals surface area contributed by atoms with E-state index in [1.54, 1.807) is 0 Å². The number of nitrogens with one attached hydrogen (secondary N) is 2. The second-order valence-corrected chi connectivity index (χ2v) is 7.91. The van der Waals surface area contributed by atoms with Crippen LogP contribution < -0.4 is 10.6 Å². The molecule has 0 spiro atoms. The molecular weight excluding hydrogens is 420 g/mol. The van der Waals surface area contributed by atoms with Crippen LogP contribution in [0.4, 0.5) is 4.79 Å². The summed E-state index contributed by atoms with van der Waals surface area (Å²) >= 11 is 0. The van der Waals surface area contributed by atoms with Crippen molar-refractivity contribution in [3.8, 4) is 23.5 Å². The van der Waals surface area contributed by atoms with E-state index in [-0.39, 0.29) is 31.3 Å². The lowest BCUT2D eigenvalue weighted by molar-refractivity contribution is -0.139. The number of rotatable bonds is 11. The number of ether oxygens (including phenoxy) is 1. The van der Waals surface area contributed by atoms with Gasteiger partial charge in [0, 0.05) is 25.3 Å². The molecule has 0 aliphatic heterocycles. The van der Waals surface area contributed by atoms with Crippen LogP contribution in [0.1, 0.15) is 49.1 Å². The molecule has 0 bridgehead atoms. The van der Waals surface area contributed by atoms with Gasteiger partial charge >= 0.3 is 12.1 Å². The lowest BCUT2D eigenvalue weighted by atomic mass is 9.98. The Labute approximate surface area is 193 Å².